The van der Waals surface area contributed by atoms with Crippen LogP contribution in [0, 0.1) is 6.92 Å². The number of aromatic hydroxyl groups is 1. The largest absolute Gasteiger partial charge is 0.508 e. The van der Waals surface area contributed by atoms with Crippen molar-refractivity contribution in [2.45, 2.75) is 141 Å². The van der Waals surface area contributed by atoms with Gasteiger partial charge in [0.1, 0.15) is 11.5 Å². The lowest BCUT2D eigenvalue weighted by Gasteiger charge is -2.19. The Morgan fingerprint density at radius 2 is 1.47 bits per heavy atom. The topological polar surface area (TPSA) is 136 Å². The van der Waals surface area contributed by atoms with Crippen LogP contribution in [0.25, 0.3) is 0 Å². The van der Waals surface area contributed by atoms with Crippen LogP contribution in [0.3, 0.4) is 0 Å². The molecule has 1 atom stereocenters. The molecule has 11 nitrogen and oxygen atoms in total. The first-order chi connectivity index (χ1) is 27.9. The quantitative estimate of drug-likeness (QED) is 0.0643. The number of carbonyl (C=O) groups excluding carboxylic acids is 1. The number of hydrogen-bond donors (Lipinski definition) is 2. The van der Waals surface area contributed by atoms with Gasteiger partial charge in [0, 0.05) is 18.6 Å². The van der Waals surface area contributed by atoms with E-state index in [0.717, 1.165) is 24.3 Å². The van der Waals surface area contributed by atoms with Gasteiger partial charge in [-0.25, -0.2) is 12.7 Å². The fourth-order valence-electron chi connectivity index (χ4n) is 7.07. The van der Waals surface area contributed by atoms with Crippen LogP contribution in [0.5, 0.6) is 11.5 Å². The number of nitrogens with one attached hydrogen (secondary N) is 1. The summed E-state index contributed by atoms with van der Waals surface area (Å²) in [6.07, 6.45) is 20.6. The molecule has 0 bridgehead atoms. The fourth-order valence-corrected chi connectivity index (χ4v) is 8.98. The molecule has 0 saturated heterocycles. The third-order valence-corrected chi connectivity index (χ3v) is 12.9. The van der Waals surface area contributed by atoms with E-state index in [2.05, 4.69) is 27.6 Å². The summed E-state index contributed by atoms with van der Waals surface area (Å²) in [5.41, 5.74) is 2.30. The van der Waals surface area contributed by atoms with Gasteiger partial charge in [-0.3, -0.25) is 4.79 Å². The van der Waals surface area contributed by atoms with E-state index in [9.17, 15) is 18.3 Å². The molecule has 1 unspecified atom stereocenters. The molecule has 0 radical (unpaired) electrons. The molecular formula is C44H62Cl2N6O5S. The Bertz CT molecular complexity index is 1950. The number of unbranched alkanes of at least 4 members (excludes halogenated alkanes) is 15. The third kappa shape index (κ3) is 13.4. The van der Waals surface area contributed by atoms with Gasteiger partial charge in [0.15, 0.2) is 5.84 Å². The molecule has 1 amide bonds. The Kier molecular flexibility index (Phi) is 19.3. The molecule has 3 aromatic carbocycles. The van der Waals surface area contributed by atoms with E-state index in [4.69, 9.17) is 27.9 Å². The van der Waals surface area contributed by atoms with Crippen LogP contribution in [0.15, 0.2) is 68.8 Å². The Balaban J connectivity index is 1.39. The smallest absolute Gasteiger partial charge is 0.282 e. The number of sulfonamides is 1. The summed E-state index contributed by atoms with van der Waals surface area (Å²) in [5.74, 6) is -0.00756. The Morgan fingerprint density at radius 3 is 2.03 bits per heavy atom. The lowest BCUT2D eigenvalue weighted by molar-refractivity contribution is -0.117. The molecule has 4 rings (SSSR count). The molecular weight excluding hydrogens is 795 g/mol. The highest BCUT2D eigenvalue weighted by atomic mass is 35.5. The molecule has 1 heterocycles. The second kappa shape index (κ2) is 23.8. The number of rotatable bonds is 25. The van der Waals surface area contributed by atoms with Gasteiger partial charge in [-0.1, -0.05) is 133 Å². The number of aryl methyl sites for hydroxylation is 2. The van der Waals surface area contributed by atoms with E-state index >= 15 is 0 Å². The Labute approximate surface area is 356 Å². The standard InChI is InChI=1S/C44H62Cl2N6O5S/c1-6-8-9-10-11-12-13-14-15-16-17-18-19-20-21-22-27-51(4)58(55,56)36-24-26-40(57-5)38(31-36)47-43-41(49-48-35-23-25-39(53)33(7-2)29-35)44(54)52(50-43)42-32(3)28-34(45)30-37(42)46/h23-26,28-31,41,53H,6-22,27H2,1-5H3,(H,47,50). The molecule has 0 fully saturated rings. The lowest BCUT2D eigenvalue weighted by Crippen LogP contribution is -2.33. The van der Waals surface area contributed by atoms with Gasteiger partial charge in [-0.05, 0) is 79.4 Å². The maximum absolute atomic E-state index is 14.0. The first kappa shape index (κ1) is 47.0. The number of benzene rings is 3. The molecule has 58 heavy (non-hydrogen) atoms. The minimum Gasteiger partial charge on any atom is -0.508 e. The van der Waals surface area contributed by atoms with Crippen LogP contribution in [-0.4, -0.2) is 56.3 Å². The van der Waals surface area contributed by atoms with Crippen molar-refractivity contribution in [1.82, 2.24) is 4.31 Å². The highest BCUT2D eigenvalue weighted by Crippen LogP contribution is 2.37. The van der Waals surface area contributed by atoms with E-state index in [1.165, 1.54) is 119 Å². The summed E-state index contributed by atoms with van der Waals surface area (Å²) in [6.45, 7) is 6.32. The van der Waals surface area contributed by atoms with Crippen LogP contribution in [0.2, 0.25) is 10.0 Å². The third-order valence-electron chi connectivity index (χ3n) is 10.5. The number of phenolic OH excluding ortho intramolecular Hbond substituents is 1. The normalized spacial score (nSPS) is 14.6. The molecule has 3 aromatic rings. The lowest BCUT2D eigenvalue weighted by atomic mass is 10.0. The molecule has 14 heteroatoms. The molecule has 0 aliphatic carbocycles. The Hall–Kier alpha value is -3.71. The number of amidine groups is 1. The number of hydrogen-bond acceptors (Lipinski definition) is 9. The van der Waals surface area contributed by atoms with Gasteiger partial charge < -0.3 is 15.2 Å². The van der Waals surface area contributed by atoms with Crippen molar-refractivity contribution in [3.05, 3.63) is 69.7 Å². The summed E-state index contributed by atoms with van der Waals surface area (Å²) in [6, 6.07) is 11.3. The first-order valence-corrected chi connectivity index (χ1v) is 23.1. The van der Waals surface area contributed by atoms with Gasteiger partial charge in [0.25, 0.3) is 5.91 Å². The van der Waals surface area contributed by atoms with Gasteiger partial charge in [-0.2, -0.15) is 15.2 Å². The number of carbonyl (C=O) groups is 1. The number of anilines is 2. The highest BCUT2D eigenvalue weighted by molar-refractivity contribution is 7.89. The second-order valence-corrected chi connectivity index (χ2v) is 18.0. The van der Waals surface area contributed by atoms with Crippen molar-refractivity contribution in [1.29, 1.82) is 0 Å². The van der Waals surface area contributed by atoms with Crippen molar-refractivity contribution in [3.8, 4) is 11.5 Å². The van der Waals surface area contributed by atoms with Crippen LogP contribution >= 0.6 is 23.2 Å². The Morgan fingerprint density at radius 1 is 0.862 bits per heavy atom. The number of methoxy groups -OCH3 is 1. The zero-order chi connectivity index (χ0) is 42.1. The van der Waals surface area contributed by atoms with Crippen LogP contribution in [-0.2, 0) is 21.2 Å². The van der Waals surface area contributed by atoms with Gasteiger partial charge in [0.05, 0.1) is 34.1 Å². The maximum Gasteiger partial charge on any atom is 0.282 e. The first-order valence-electron chi connectivity index (χ1n) is 20.9. The van der Waals surface area contributed by atoms with Crippen molar-refractivity contribution < 1.29 is 23.1 Å². The average molecular weight is 858 g/mol. The second-order valence-electron chi connectivity index (χ2n) is 15.1. The van der Waals surface area contributed by atoms with Crippen LogP contribution in [0.1, 0.15) is 128 Å². The molecule has 2 N–H and O–H groups in total. The van der Waals surface area contributed by atoms with Crippen molar-refractivity contribution in [3.63, 3.8) is 0 Å². The molecule has 1 aliphatic rings. The zero-order valence-corrected chi connectivity index (χ0v) is 37.2. The predicted molar refractivity (Wildman–Crippen MR) is 238 cm³/mol. The van der Waals surface area contributed by atoms with E-state index in [1.807, 2.05) is 6.92 Å². The van der Waals surface area contributed by atoms with E-state index in [0.29, 0.717) is 46.2 Å². The predicted octanol–water partition coefficient (Wildman–Crippen LogP) is 12.4. The number of hydrazone groups is 1. The number of azo groups is 1. The molecule has 318 valence electrons. The van der Waals surface area contributed by atoms with Gasteiger partial charge in [0.2, 0.25) is 16.1 Å². The molecule has 0 aromatic heterocycles. The average Bonchev–Trinajstić information content (AvgIpc) is 3.49. The monoisotopic (exact) mass is 856 g/mol. The summed E-state index contributed by atoms with van der Waals surface area (Å²) in [5, 5.41) is 28.3. The minimum absolute atomic E-state index is 0.0579. The van der Waals surface area contributed by atoms with Crippen LogP contribution in [0.4, 0.5) is 17.1 Å². The number of amides is 1. The van der Waals surface area contributed by atoms with Gasteiger partial charge >= 0.3 is 0 Å². The van der Waals surface area contributed by atoms with Crippen molar-refractivity contribution in [2.24, 2.45) is 15.3 Å². The highest BCUT2D eigenvalue weighted by Gasteiger charge is 2.39. The van der Waals surface area contributed by atoms with E-state index in [1.54, 1.807) is 38.2 Å². The summed E-state index contributed by atoms with van der Waals surface area (Å²) < 4.78 is 34.6. The number of phenols is 1. The number of ether oxygens (including phenoxy) is 1. The van der Waals surface area contributed by atoms with Crippen molar-refractivity contribution >= 4 is 62.0 Å². The number of halogens is 2. The van der Waals surface area contributed by atoms with Crippen molar-refractivity contribution in [2.75, 3.05) is 31.0 Å². The van der Waals surface area contributed by atoms with Gasteiger partial charge in [-0.15, -0.1) is 5.10 Å². The summed E-state index contributed by atoms with van der Waals surface area (Å²) in [4.78, 5) is 14.1. The SMILES string of the molecule is CCCCCCCCCCCCCCCCCCN(C)S(=O)(=O)c1ccc(OC)c(NC2=NN(c3c(C)cc(Cl)cc3Cl)C(=O)C2N=Nc2ccc(O)c(CC)c2)c1. The summed E-state index contributed by atoms with van der Waals surface area (Å²) in [7, 11) is -0.799. The molecule has 0 spiro atoms. The van der Waals surface area contributed by atoms with E-state index in [-0.39, 0.29) is 27.2 Å². The fraction of sp³-hybridized carbons (Fsp3) is 0.545. The maximum atomic E-state index is 14.0. The minimum atomic E-state index is -3.86. The van der Waals surface area contributed by atoms with E-state index < -0.39 is 22.0 Å². The molecule has 1 aliphatic heterocycles. The zero-order valence-electron chi connectivity index (χ0n) is 34.9. The van der Waals surface area contributed by atoms with Crippen LogP contribution < -0.4 is 15.1 Å². The summed E-state index contributed by atoms with van der Waals surface area (Å²) >= 11 is 12.8. The number of nitrogens with zero attached hydrogens (tertiary/aromatic N) is 5. The molecule has 0 saturated carbocycles.